The predicted octanol–water partition coefficient (Wildman–Crippen LogP) is 2.15. The van der Waals surface area contributed by atoms with Crippen LogP contribution in [0.4, 0.5) is 14.5 Å². The van der Waals surface area contributed by atoms with Gasteiger partial charge in [0.1, 0.15) is 11.6 Å². The van der Waals surface area contributed by atoms with Crippen LogP contribution in [-0.4, -0.2) is 25.7 Å². The molecule has 1 aliphatic heterocycles. The lowest BCUT2D eigenvalue weighted by Crippen LogP contribution is -2.51. The first-order chi connectivity index (χ1) is 7.72. The number of benzene rings is 1. The quantitative estimate of drug-likeness (QED) is 0.831. The molecule has 0 spiro atoms. The largest absolute Gasteiger partial charge is 0.364 e. The third kappa shape index (κ3) is 2.16. The van der Waals surface area contributed by atoms with Gasteiger partial charge in [-0.1, -0.05) is 6.92 Å². The molecule has 0 aromatic heterocycles. The summed E-state index contributed by atoms with van der Waals surface area (Å²) in [5, 5.41) is 3.26. The molecule has 1 fully saturated rings. The van der Waals surface area contributed by atoms with Crippen LogP contribution in [0.15, 0.2) is 18.2 Å². The van der Waals surface area contributed by atoms with Gasteiger partial charge in [-0.2, -0.15) is 0 Å². The van der Waals surface area contributed by atoms with E-state index in [0.29, 0.717) is 5.69 Å². The molecule has 1 aromatic rings. The molecule has 2 rings (SSSR count). The lowest BCUT2D eigenvalue weighted by atomic mass is 10.1. The van der Waals surface area contributed by atoms with E-state index in [1.807, 2.05) is 4.90 Å². The Hall–Kier alpha value is -1.16. The summed E-state index contributed by atoms with van der Waals surface area (Å²) in [7, 11) is 0. The highest BCUT2D eigenvalue weighted by Gasteiger charge is 2.23. The maximum atomic E-state index is 13.6. The van der Waals surface area contributed by atoms with Gasteiger partial charge in [-0.3, -0.25) is 0 Å². The molecule has 88 valence electrons. The van der Waals surface area contributed by atoms with E-state index in [0.717, 1.165) is 32.1 Å². The van der Waals surface area contributed by atoms with Gasteiger partial charge >= 0.3 is 0 Å². The second kappa shape index (κ2) is 4.78. The van der Waals surface area contributed by atoms with Crippen LogP contribution in [0, 0.1) is 11.6 Å². The maximum absolute atomic E-state index is 13.6. The lowest BCUT2D eigenvalue weighted by Gasteiger charge is -2.37. The smallest absolute Gasteiger partial charge is 0.146 e. The molecule has 1 atom stereocenters. The summed E-state index contributed by atoms with van der Waals surface area (Å²) in [4.78, 5) is 1.95. The molecule has 4 heteroatoms. The molecule has 0 bridgehead atoms. The minimum atomic E-state index is -0.384. The third-order valence-electron chi connectivity index (χ3n) is 3.04. The van der Waals surface area contributed by atoms with E-state index in [9.17, 15) is 8.78 Å². The first-order valence-corrected chi connectivity index (χ1v) is 5.64. The Bertz CT molecular complexity index is 368. The Morgan fingerprint density at radius 1 is 1.44 bits per heavy atom. The van der Waals surface area contributed by atoms with Gasteiger partial charge in [0.25, 0.3) is 0 Å². The van der Waals surface area contributed by atoms with E-state index in [4.69, 9.17) is 0 Å². The Kier molecular flexibility index (Phi) is 3.39. The van der Waals surface area contributed by atoms with Crippen LogP contribution in [0.3, 0.4) is 0 Å². The fourth-order valence-electron chi connectivity index (χ4n) is 2.15. The second-order valence-corrected chi connectivity index (χ2v) is 4.06. The molecule has 0 radical (unpaired) electrons. The molecule has 1 aliphatic rings. The standard InChI is InChI=1S/C12H16F2N2/c1-2-10-8-15-5-6-16(10)12-7-9(13)3-4-11(12)14/h3-4,7,10,15H,2,5-6,8H2,1H3. The van der Waals surface area contributed by atoms with Crippen LogP contribution < -0.4 is 10.2 Å². The zero-order valence-electron chi connectivity index (χ0n) is 9.34. The van der Waals surface area contributed by atoms with Crippen LogP contribution in [0.5, 0.6) is 0 Å². The van der Waals surface area contributed by atoms with Gasteiger partial charge in [-0.05, 0) is 18.6 Å². The SMILES string of the molecule is CCC1CNCCN1c1cc(F)ccc1F. The number of nitrogens with one attached hydrogen (secondary N) is 1. The van der Waals surface area contributed by atoms with Crippen molar-refractivity contribution in [3.63, 3.8) is 0 Å². The first kappa shape index (κ1) is 11.3. The summed E-state index contributed by atoms with van der Waals surface area (Å²) in [6, 6.07) is 3.87. The van der Waals surface area contributed by atoms with Crippen molar-refractivity contribution in [2.24, 2.45) is 0 Å². The molecular formula is C12H16F2N2. The lowest BCUT2D eigenvalue weighted by molar-refractivity contribution is 0.457. The Morgan fingerprint density at radius 3 is 3.00 bits per heavy atom. The summed E-state index contributed by atoms with van der Waals surface area (Å²) in [5.74, 6) is -0.730. The van der Waals surface area contributed by atoms with Crippen LogP contribution in [0.25, 0.3) is 0 Å². The van der Waals surface area contributed by atoms with Gasteiger partial charge in [0, 0.05) is 31.7 Å². The molecule has 0 aliphatic carbocycles. The number of piperazine rings is 1. The van der Waals surface area contributed by atoms with Gasteiger partial charge in [-0.25, -0.2) is 8.78 Å². The fourth-order valence-corrected chi connectivity index (χ4v) is 2.15. The van der Waals surface area contributed by atoms with E-state index in [2.05, 4.69) is 12.2 Å². The van der Waals surface area contributed by atoms with Crippen molar-refractivity contribution < 1.29 is 8.78 Å². The molecule has 1 heterocycles. The molecule has 1 saturated heterocycles. The number of hydrogen-bond acceptors (Lipinski definition) is 2. The topological polar surface area (TPSA) is 15.3 Å². The molecule has 0 amide bonds. The summed E-state index contributed by atoms with van der Waals surface area (Å²) >= 11 is 0. The van der Waals surface area contributed by atoms with Crippen molar-refractivity contribution in [1.82, 2.24) is 5.32 Å². The summed E-state index contributed by atoms with van der Waals surface area (Å²) in [6.45, 7) is 4.42. The van der Waals surface area contributed by atoms with Gasteiger partial charge < -0.3 is 10.2 Å². The third-order valence-corrected chi connectivity index (χ3v) is 3.04. The minimum Gasteiger partial charge on any atom is -0.364 e. The van der Waals surface area contributed by atoms with Gasteiger partial charge in [0.15, 0.2) is 0 Å². The van der Waals surface area contributed by atoms with E-state index in [1.165, 1.54) is 12.1 Å². The van der Waals surface area contributed by atoms with Crippen LogP contribution in [0.1, 0.15) is 13.3 Å². The molecule has 2 nitrogen and oxygen atoms in total. The number of anilines is 1. The van der Waals surface area contributed by atoms with Crippen LogP contribution >= 0.6 is 0 Å². The number of halogens is 2. The normalized spacial score (nSPS) is 21.2. The van der Waals surface area contributed by atoms with Crippen molar-refractivity contribution >= 4 is 5.69 Å². The van der Waals surface area contributed by atoms with E-state index in [1.54, 1.807) is 0 Å². The van der Waals surface area contributed by atoms with Crippen molar-refractivity contribution in [3.05, 3.63) is 29.8 Å². The van der Waals surface area contributed by atoms with Crippen molar-refractivity contribution in [2.75, 3.05) is 24.5 Å². The Balaban J connectivity index is 2.30. The summed E-state index contributed by atoms with van der Waals surface area (Å²) in [5.41, 5.74) is 0.383. The predicted molar refractivity (Wildman–Crippen MR) is 60.7 cm³/mol. The fraction of sp³-hybridized carbons (Fsp3) is 0.500. The molecule has 0 saturated carbocycles. The van der Waals surface area contributed by atoms with Gasteiger partial charge in [0.05, 0.1) is 5.69 Å². The molecule has 1 aromatic carbocycles. The molecule has 1 N–H and O–H groups in total. The van der Waals surface area contributed by atoms with Crippen LogP contribution in [0.2, 0.25) is 0 Å². The first-order valence-electron chi connectivity index (χ1n) is 5.64. The summed E-state index contributed by atoms with van der Waals surface area (Å²) in [6.07, 6.45) is 0.920. The van der Waals surface area contributed by atoms with Crippen molar-refractivity contribution in [2.45, 2.75) is 19.4 Å². The average Bonchev–Trinajstić information content (AvgIpc) is 2.32. The average molecular weight is 226 g/mol. The van der Waals surface area contributed by atoms with E-state index < -0.39 is 0 Å². The minimum absolute atomic E-state index is 0.241. The van der Waals surface area contributed by atoms with Crippen molar-refractivity contribution in [3.8, 4) is 0 Å². The van der Waals surface area contributed by atoms with E-state index >= 15 is 0 Å². The molecule has 1 unspecified atom stereocenters. The van der Waals surface area contributed by atoms with E-state index in [-0.39, 0.29) is 17.7 Å². The zero-order chi connectivity index (χ0) is 11.5. The van der Waals surface area contributed by atoms with Gasteiger partial charge in [-0.15, -0.1) is 0 Å². The number of nitrogens with zero attached hydrogens (tertiary/aromatic N) is 1. The Morgan fingerprint density at radius 2 is 2.25 bits per heavy atom. The number of hydrogen-bond donors (Lipinski definition) is 1. The summed E-state index contributed by atoms with van der Waals surface area (Å²) < 4.78 is 26.8. The highest BCUT2D eigenvalue weighted by molar-refractivity contribution is 5.49. The molecule has 16 heavy (non-hydrogen) atoms. The molecular weight excluding hydrogens is 210 g/mol. The van der Waals surface area contributed by atoms with Crippen LogP contribution in [-0.2, 0) is 0 Å². The highest BCUT2D eigenvalue weighted by atomic mass is 19.1. The number of rotatable bonds is 2. The maximum Gasteiger partial charge on any atom is 0.146 e. The zero-order valence-corrected chi connectivity index (χ0v) is 9.34. The monoisotopic (exact) mass is 226 g/mol. The van der Waals surface area contributed by atoms with Crippen molar-refractivity contribution in [1.29, 1.82) is 0 Å². The Labute approximate surface area is 94.3 Å². The second-order valence-electron chi connectivity index (χ2n) is 4.06. The van der Waals surface area contributed by atoms with Gasteiger partial charge in [0.2, 0.25) is 0 Å². The highest BCUT2D eigenvalue weighted by Crippen LogP contribution is 2.24.